The molecule has 200 valence electrons. The number of hydrogen-bond acceptors (Lipinski definition) is 5. The van der Waals surface area contributed by atoms with E-state index in [1.54, 1.807) is 6.07 Å². The summed E-state index contributed by atoms with van der Waals surface area (Å²) in [7, 11) is 0. The Balaban J connectivity index is 1.29. The first-order valence-corrected chi connectivity index (χ1v) is 13.8. The molecule has 0 radical (unpaired) electrons. The summed E-state index contributed by atoms with van der Waals surface area (Å²) < 4.78 is 40.1. The summed E-state index contributed by atoms with van der Waals surface area (Å²) >= 11 is 2.33. The van der Waals surface area contributed by atoms with Crippen molar-refractivity contribution in [2.75, 3.05) is 22.1 Å². The quantitative estimate of drug-likeness (QED) is 0.171. The molecule has 2 heterocycles. The molecule has 10 heteroatoms. The van der Waals surface area contributed by atoms with E-state index in [9.17, 15) is 18.0 Å². The minimum absolute atomic E-state index is 0.0543. The molecule has 6 nitrogen and oxygen atoms in total. The van der Waals surface area contributed by atoms with Crippen molar-refractivity contribution in [3.05, 3.63) is 106 Å². The molecule has 0 atom stereocenters. The molecule has 1 aromatic heterocycles. The molecule has 0 saturated carbocycles. The third-order valence-electron chi connectivity index (χ3n) is 6.56. The minimum atomic E-state index is -4.52. The molecule has 1 aliphatic rings. The first kappa shape index (κ1) is 26.9. The van der Waals surface area contributed by atoms with Gasteiger partial charge in [-0.1, -0.05) is 46.9 Å². The summed E-state index contributed by atoms with van der Waals surface area (Å²) in [5.74, 6) is -0.0443. The molecule has 4 aromatic rings. The van der Waals surface area contributed by atoms with Crippen molar-refractivity contribution in [2.24, 2.45) is 0 Å². The molecule has 1 aliphatic heterocycles. The standard InChI is InChI=1S/C29H25F3IN5O/c1-18-5-8-24(35-27(39)20-3-2-4-22(13-20)29(30,31)32)14-26(18)38-12-11-25-21(17-38)16-34-28(37-25)36-23-9-6-19(15-33)7-10-23/h2-10,13-14,16H,11-12,15,17H2,1H3,(H,35,39)(H,34,36,37). The van der Waals surface area contributed by atoms with E-state index >= 15 is 0 Å². The fourth-order valence-corrected chi connectivity index (χ4v) is 4.96. The van der Waals surface area contributed by atoms with Crippen LogP contribution in [0.5, 0.6) is 0 Å². The van der Waals surface area contributed by atoms with Gasteiger partial charge in [-0.3, -0.25) is 4.79 Å². The topological polar surface area (TPSA) is 70.2 Å². The Hall–Kier alpha value is -3.67. The number of rotatable bonds is 6. The molecule has 0 spiro atoms. The molecule has 0 unspecified atom stereocenters. The van der Waals surface area contributed by atoms with E-state index < -0.39 is 17.6 Å². The molecule has 3 aromatic carbocycles. The van der Waals surface area contributed by atoms with Crippen LogP contribution in [-0.2, 0) is 23.6 Å². The molecule has 0 fully saturated rings. The zero-order valence-corrected chi connectivity index (χ0v) is 23.2. The van der Waals surface area contributed by atoms with Crippen LogP contribution in [-0.4, -0.2) is 22.4 Å². The van der Waals surface area contributed by atoms with E-state index in [1.165, 1.54) is 17.7 Å². The second kappa shape index (κ2) is 11.2. The van der Waals surface area contributed by atoms with Gasteiger partial charge in [0, 0.05) is 58.3 Å². The maximum absolute atomic E-state index is 13.1. The van der Waals surface area contributed by atoms with Gasteiger partial charge in [0.25, 0.3) is 5.91 Å². The lowest BCUT2D eigenvalue weighted by Crippen LogP contribution is -2.32. The maximum atomic E-state index is 13.1. The lowest BCUT2D eigenvalue weighted by Gasteiger charge is -2.31. The summed E-state index contributed by atoms with van der Waals surface area (Å²) in [5.41, 5.74) is 5.73. The van der Waals surface area contributed by atoms with Crippen LogP contribution in [0.3, 0.4) is 0 Å². The van der Waals surface area contributed by atoms with Crippen LogP contribution in [0.1, 0.15) is 38.3 Å². The van der Waals surface area contributed by atoms with E-state index in [2.05, 4.69) is 55.2 Å². The smallest absolute Gasteiger partial charge is 0.366 e. The fraction of sp³-hybridized carbons (Fsp3) is 0.207. The molecule has 2 N–H and O–H groups in total. The number of hydrogen-bond donors (Lipinski definition) is 2. The first-order chi connectivity index (χ1) is 18.7. The number of benzene rings is 3. The van der Waals surface area contributed by atoms with Gasteiger partial charge < -0.3 is 15.5 Å². The monoisotopic (exact) mass is 643 g/mol. The first-order valence-electron chi connectivity index (χ1n) is 12.3. The number of nitrogens with one attached hydrogen (secondary N) is 2. The number of amides is 1. The highest BCUT2D eigenvalue weighted by Crippen LogP contribution is 2.31. The van der Waals surface area contributed by atoms with Gasteiger partial charge in [-0.05, 0) is 60.5 Å². The van der Waals surface area contributed by atoms with Crippen molar-refractivity contribution in [3.63, 3.8) is 0 Å². The average Bonchev–Trinajstić information content (AvgIpc) is 2.94. The molecular weight excluding hydrogens is 618 g/mol. The van der Waals surface area contributed by atoms with Crippen molar-refractivity contribution in [1.82, 2.24) is 9.97 Å². The minimum Gasteiger partial charge on any atom is -0.366 e. The number of aromatic nitrogens is 2. The van der Waals surface area contributed by atoms with Gasteiger partial charge in [-0.25, -0.2) is 9.97 Å². The van der Waals surface area contributed by atoms with E-state index in [-0.39, 0.29) is 5.56 Å². The van der Waals surface area contributed by atoms with E-state index in [0.717, 1.165) is 57.7 Å². The summed E-state index contributed by atoms with van der Waals surface area (Å²) in [6.07, 6.45) is -1.95. The number of anilines is 4. The van der Waals surface area contributed by atoms with E-state index in [1.807, 2.05) is 37.4 Å². The Bertz CT molecular complexity index is 1510. The molecule has 0 bridgehead atoms. The van der Waals surface area contributed by atoms with E-state index in [0.29, 0.717) is 18.2 Å². The number of alkyl halides is 4. The Morgan fingerprint density at radius 3 is 2.56 bits per heavy atom. The highest BCUT2D eigenvalue weighted by molar-refractivity contribution is 14.1. The number of carbonyl (C=O) groups excluding carboxylic acids is 1. The van der Waals surface area contributed by atoms with Gasteiger partial charge in [0.1, 0.15) is 0 Å². The van der Waals surface area contributed by atoms with Crippen LogP contribution < -0.4 is 15.5 Å². The van der Waals surface area contributed by atoms with Crippen LogP contribution in [0.25, 0.3) is 0 Å². The van der Waals surface area contributed by atoms with Crippen molar-refractivity contribution in [2.45, 2.75) is 30.5 Å². The lowest BCUT2D eigenvalue weighted by molar-refractivity contribution is -0.137. The van der Waals surface area contributed by atoms with Gasteiger partial charge >= 0.3 is 6.18 Å². The largest absolute Gasteiger partial charge is 0.416 e. The van der Waals surface area contributed by atoms with Crippen LogP contribution in [0.4, 0.5) is 36.2 Å². The van der Waals surface area contributed by atoms with Gasteiger partial charge in [0.15, 0.2) is 0 Å². The van der Waals surface area contributed by atoms with Crippen LogP contribution >= 0.6 is 22.6 Å². The average molecular weight is 643 g/mol. The third kappa shape index (κ3) is 6.32. The SMILES string of the molecule is Cc1ccc(NC(=O)c2cccc(C(F)(F)F)c2)cc1N1CCc2nc(Nc3ccc(CI)cc3)ncc2C1. The van der Waals surface area contributed by atoms with Crippen molar-refractivity contribution in [1.29, 1.82) is 0 Å². The molecule has 1 amide bonds. The fourth-order valence-electron chi connectivity index (χ4n) is 4.46. The predicted octanol–water partition coefficient (Wildman–Crippen LogP) is 7.30. The Morgan fingerprint density at radius 1 is 1.05 bits per heavy atom. The van der Waals surface area contributed by atoms with Crippen LogP contribution in [0, 0.1) is 6.92 Å². The summed E-state index contributed by atoms with van der Waals surface area (Å²) in [4.78, 5) is 24.1. The summed E-state index contributed by atoms with van der Waals surface area (Å²) in [5, 5.41) is 6.00. The molecular formula is C29H25F3IN5O. The van der Waals surface area contributed by atoms with Crippen molar-refractivity contribution >= 4 is 51.5 Å². The van der Waals surface area contributed by atoms with Gasteiger partial charge in [-0.15, -0.1) is 0 Å². The number of aryl methyl sites for hydroxylation is 1. The van der Waals surface area contributed by atoms with Crippen molar-refractivity contribution < 1.29 is 18.0 Å². The molecule has 0 saturated heterocycles. The third-order valence-corrected chi connectivity index (χ3v) is 7.44. The second-order valence-electron chi connectivity index (χ2n) is 9.33. The lowest BCUT2D eigenvalue weighted by atomic mass is 10.0. The zero-order chi connectivity index (χ0) is 27.6. The number of fused-ring (bicyclic) bond motifs is 1. The highest BCUT2D eigenvalue weighted by atomic mass is 127. The second-order valence-corrected chi connectivity index (χ2v) is 10.1. The van der Waals surface area contributed by atoms with Gasteiger partial charge in [-0.2, -0.15) is 13.2 Å². The number of nitrogens with zero attached hydrogens (tertiary/aromatic N) is 3. The zero-order valence-electron chi connectivity index (χ0n) is 21.0. The Labute approximate surface area is 237 Å². The van der Waals surface area contributed by atoms with Crippen LogP contribution in [0.2, 0.25) is 0 Å². The molecule has 5 rings (SSSR count). The number of carbonyl (C=O) groups is 1. The Kier molecular flexibility index (Phi) is 7.74. The summed E-state index contributed by atoms with van der Waals surface area (Å²) in [6.45, 7) is 3.31. The molecule has 0 aliphatic carbocycles. The van der Waals surface area contributed by atoms with Gasteiger partial charge in [0.2, 0.25) is 5.95 Å². The summed E-state index contributed by atoms with van der Waals surface area (Å²) in [6, 6.07) is 18.1. The van der Waals surface area contributed by atoms with E-state index in [4.69, 9.17) is 4.98 Å². The number of halogens is 4. The highest BCUT2D eigenvalue weighted by Gasteiger charge is 2.31. The van der Waals surface area contributed by atoms with Crippen molar-refractivity contribution in [3.8, 4) is 0 Å². The maximum Gasteiger partial charge on any atom is 0.416 e. The molecule has 39 heavy (non-hydrogen) atoms. The van der Waals surface area contributed by atoms with Gasteiger partial charge in [0.05, 0.1) is 11.3 Å². The normalized spacial score (nSPS) is 13.1. The Morgan fingerprint density at radius 2 is 1.82 bits per heavy atom. The predicted molar refractivity (Wildman–Crippen MR) is 155 cm³/mol. The van der Waals surface area contributed by atoms with Crippen LogP contribution in [0.15, 0.2) is 72.9 Å².